The third-order valence-electron chi connectivity index (χ3n) is 2.73. The molecule has 0 spiro atoms. The van der Waals surface area contributed by atoms with E-state index in [1.165, 1.54) is 0 Å². The number of furan rings is 1. The molecule has 4 heteroatoms. The van der Waals surface area contributed by atoms with Gasteiger partial charge in [0.05, 0.1) is 12.3 Å². The van der Waals surface area contributed by atoms with E-state index < -0.39 is 0 Å². The Labute approximate surface area is 89.0 Å². The normalized spacial score (nSPS) is 22.7. The van der Waals surface area contributed by atoms with Gasteiger partial charge in [-0.3, -0.25) is 4.79 Å². The van der Waals surface area contributed by atoms with Crippen molar-refractivity contribution in [3.05, 3.63) is 24.2 Å². The molecule has 1 saturated heterocycles. The highest BCUT2D eigenvalue weighted by atomic mass is 16.3. The van der Waals surface area contributed by atoms with E-state index in [0.717, 1.165) is 18.7 Å². The summed E-state index contributed by atoms with van der Waals surface area (Å²) in [4.78, 5) is 11.0. The van der Waals surface area contributed by atoms with Crippen molar-refractivity contribution in [2.75, 3.05) is 6.54 Å². The van der Waals surface area contributed by atoms with Gasteiger partial charge in [0.2, 0.25) is 5.91 Å². The third-order valence-corrected chi connectivity index (χ3v) is 2.73. The summed E-state index contributed by atoms with van der Waals surface area (Å²) in [6, 6.07) is 4.29. The summed E-state index contributed by atoms with van der Waals surface area (Å²) in [7, 11) is 0. The minimum Gasteiger partial charge on any atom is -0.468 e. The Morgan fingerprint density at radius 2 is 2.60 bits per heavy atom. The second kappa shape index (κ2) is 4.49. The number of nitrogens with one attached hydrogen (secondary N) is 2. The SMILES string of the molecule is C[C@@H](NCC1CCC(=O)N1)c1ccco1. The Balaban J connectivity index is 1.76. The maximum atomic E-state index is 11.0. The minimum atomic E-state index is 0.160. The molecule has 0 aromatic carbocycles. The van der Waals surface area contributed by atoms with Crippen molar-refractivity contribution in [2.45, 2.75) is 31.8 Å². The van der Waals surface area contributed by atoms with Crippen LogP contribution in [0.3, 0.4) is 0 Å². The van der Waals surface area contributed by atoms with Gasteiger partial charge in [-0.15, -0.1) is 0 Å². The molecule has 1 aromatic rings. The zero-order valence-corrected chi connectivity index (χ0v) is 8.82. The van der Waals surface area contributed by atoms with Crippen molar-refractivity contribution in [2.24, 2.45) is 0 Å². The molecule has 0 bridgehead atoms. The fraction of sp³-hybridized carbons (Fsp3) is 0.545. The van der Waals surface area contributed by atoms with Crippen LogP contribution in [0.15, 0.2) is 22.8 Å². The molecule has 1 aromatic heterocycles. The van der Waals surface area contributed by atoms with Crippen molar-refractivity contribution in [3.8, 4) is 0 Å². The molecule has 1 fully saturated rings. The van der Waals surface area contributed by atoms with Gasteiger partial charge >= 0.3 is 0 Å². The van der Waals surface area contributed by atoms with Crippen LogP contribution in [-0.4, -0.2) is 18.5 Å². The molecule has 0 radical (unpaired) electrons. The van der Waals surface area contributed by atoms with Crippen molar-refractivity contribution in [3.63, 3.8) is 0 Å². The van der Waals surface area contributed by atoms with Gasteiger partial charge in [0.25, 0.3) is 0 Å². The first-order valence-corrected chi connectivity index (χ1v) is 5.32. The first-order valence-electron chi connectivity index (χ1n) is 5.32. The smallest absolute Gasteiger partial charge is 0.220 e. The molecule has 82 valence electrons. The Morgan fingerprint density at radius 3 is 3.20 bits per heavy atom. The zero-order chi connectivity index (χ0) is 10.7. The summed E-state index contributed by atoms with van der Waals surface area (Å²) in [6.07, 6.45) is 3.25. The van der Waals surface area contributed by atoms with Crippen LogP contribution in [-0.2, 0) is 4.79 Å². The quantitative estimate of drug-likeness (QED) is 0.782. The molecule has 1 amide bonds. The highest BCUT2D eigenvalue weighted by Gasteiger charge is 2.21. The average molecular weight is 208 g/mol. The number of rotatable bonds is 4. The summed E-state index contributed by atoms with van der Waals surface area (Å²) in [5, 5.41) is 6.26. The summed E-state index contributed by atoms with van der Waals surface area (Å²) in [6.45, 7) is 2.85. The van der Waals surface area contributed by atoms with Gasteiger partial charge in [-0.2, -0.15) is 0 Å². The molecule has 0 aliphatic carbocycles. The lowest BCUT2D eigenvalue weighted by atomic mass is 10.2. The van der Waals surface area contributed by atoms with Crippen molar-refractivity contribution in [1.29, 1.82) is 0 Å². The molecule has 1 aliphatic rings. The maximum absolute atomic E-state index is 11.0. The van der Waals surface area contributed by atoms with E-state index in [-0.39, 0.29) is 18.0 Å². The number of carbonyl (C=O) groups is 1. The van der Waals surface area contributed by atoms with Gasteiger partial charge in [0, 0.05) is 19.0 Å². The van der Waals surface area contributed by atoms with E-state index in [9.17, 15) is 4.79 Å². The molecule has 1 unspecified atom stereocenters. The first kappa shape index (κ1) is 10.2. The van der Waals surface area contributed by atoms with Gasteiger partial charge in [0.1, 0.15) is 5.76 Å². The van der Waals surface area contributed by atoms with Gasteiger partial charge in [-0.25, -0.2) is 0 Å². The summed E-state index contributed by atoms with van der Waals surface area (Å²) in [5.41, 5.74) is 0. The van der Waals surface area contributed by atoms with Crippen LogP contribution in [0.1, 0.15) is 31.6 Å². The van der Waals surface area contributed by atoms with Gasteiger partial charge in [-0.1, -0.05) is 0 Å². The van der Waals surface area contributed by atoms with E-state index >= 15 is 0 Å². The lowest BCUT2D eigenvalue weighted by Gasteiger charge is -2.15. The molecule has 1 aliphatic heterocycles. The van der Waals surface area contributed by atoms with Gasteiger partial charge in [-0.05, 0) is 25.5 Å². The van der Waals surface area contributed by atoms with Gasteiger partial charge in [0.15, 0.2) is 0 Å². The summed E-state index contributed by atoms with van der Waals surface area (Å²) < 4.78 is 5.28. The molecule has 2 heterocycles. The molecule has 2 N–H and O–H groups in total. The summed E-state index contributed by atoms with van der Waals surface area (Å²) in [5.74, 6) is 1.09. The largest absolute Gasteiger partial charge is 0.468 e. The molecule has 15 heavy (non-hydrogen) atoms. The monoisotopic (exact) mass is 208 g/mol. The van der Waals surface area contributed by atoms with E-state index in [1.807, 2.05) is 12.1 Å². The average Bonchev–Trinajstić information content (AvgIpc) is 2.84. The second-order valence-electron chi connectivity index (χ2n) is 3.95. The van der Waals surface area contributed by atoms with E-state index in [4.69, 9.17) is 4.42 Å². The molecule has 4 nitrogen and oxygen atoms in total. The van der Waals surface area contributed by atoms with E-state index in [1.54, 1.807) is 6.26 Å². The molecule has 2 atom stereocenters. The Kier molecular flexibility index (Phi) is 3.06. The molecular weight excluding hydrogens is 192 g/mol. The highest BCUT2D eigenvalue weighted by Crippen LogP contribution is 2.13. The standard InChI is InChI=1S/C11H16N2O2/c1-8(10-3-2-6-15-10)12-7-9-4-5-11(14)13-9/h2-3,6,8-9,12H,4-5,7H2,1H3,(H,13,14)/t8-,9?/m1/s1. The van der Waals surface area contributed by atoms with Crippen LogP contribution in [0.5, 0.6) is 0 Å². The van der Waals surface area contributed by atoms with Crippen LogP contribution in [0.4, 0.5) is 0 Å². The number of amides is 1. The first-order chi connectivity index (χ1) is 7.25. The van der Waals surface area contributed by atoms with Crippen molar-refractivity contribution in [1.82, 2.24) is 10.6 Å². The zero-order valence-electron chi connectivity index (χ0n) is 8.82. The van der Waals surface area contributed by atoms with Crippen LogP contribution in [0, 0.1) is 0 Å². The van der Waals surface area contributed by atoms with Crippen molar-refractivity contribution < 1.29 is 9.21 Å². The second-order valence-corrected chi connectivity index (χ2v) is 3.95. The molecule has 0 saturated carbocycles. The molecular formula is C11H16N2O2. The summed E-state index contributed by atoms with van der Waals surface area (Å²) >= 11 is 0. The number of hydrogen-bond acceptors (Lipinski definition) is 3. The lowest BCUT2D eigenvalue weighted by Crippen LogP contribution is -2.36. The maximum Gasteiger partial charge on any atom is 0.220 e. The van der Waals surface area contributed by atoms with Crippen LogP contribution in [0.25, 0.3) is 0 Å². The molecule has 2 rings (SSSR count). The fourth-order valence-electron chi connectivity index (χ4n) is 1.79. The van der Waals surface area contributed by atoms with Gasteiger partial charge < -0.3 is 15.1 Å². The van der Waals surface area contributed by atoms with E-state index in [0.29, 0.717) is 6.42 Å². The van der Waals surface area contributed by atoms with Crippen LogP contribution in [0.2, 0.25) is 0 Å². The van der Waals surface area contributed by atoms with Crippen LogP contribution < -0.4 is 10.6 Å². The minimum absolute atomic E-state index is 0.160. The predicted octanol–water partition coefficient (Wildman–Crippen LogP) is 1.21. The predicted molar refractivity (Wildman–Crippen MR) is 56.3 cm³/mol. The topological polar surface area (TPSA) is 54.3 Å². The Hall–Kier alpha value is -1.29. The third kappa shape index (κ3) is 2.59. The number of hydrogen-bond donors (Lipinski definition) is 2. The number of carbonyl (C=O) groups excluding carboxylic acids is 1. The fourth-order valence-corrected chi connectivity index (χ4v) is 1.79. The highest BCUT2D eigenvalue weighted by molar-refractivity contribution is 5.78. The van der Waals surface area contributed by atoms with E-state index in [2.05, 4.69) is 17.6 Å². The Morgan fingerprint density at radius 1 is 1.73 bits per heavy atom. The lowest BCUT2D eigenvalue weighted by molar-refractivity contribution is -0.119. The Bertz CT molecular complexity index is 321. The van der Waals surface area contributed by atoms with Crippen molar-refractivity contribution >= 4 is 5.91 Å². The van der Waals surface area contributed by atoms with Crippen LogP contribution >= 0.6 is 0 Å².